The summed E-state index contributed by atoms with van der Waals surface area (Å²) < 4.78 is 7.71. The van der Waals surface area contributed by atoms with E-state index in [4.69, 9.17) is 66.8 Å². The number of unbranched alkanes of at least 4 members (excludes halogenated alkanes) is 7. The minimum Gasteiger partial charge on any atom is -0.481 e. The van der Waals surface area contributed by atoms with Crippen LogP contribution in [0.5, 0.6) is 0 Å². The van der Waals surface area contributed by atoms with Crippen molar-refractivity contribution in [3.8, 4) is 0 Å². The summed E-state index contributed by atoms with van der Waals surface area (Å²) in [6.07, 6.45) is 21.3. The highest BCUT2D eigenvalue weighted by atomic mass is 35.5. The Labute approximate surface area is 654 Å². The number of aliphatic carboxylic acids is 4. The van der Waals surface area contributed by atoms with Crippen molar-refractivity contribution in [2.24, 2.45) is 55.5 Å². The van der Waals surface area contributed by atoms with Crippen molar-refractivity contribution < 1.29 is 58.8 Å². The lowest BCUT2D eigenvalue weighted by molar-refractivity contribution is -0.139. The molecule has 0 aliphatic carbocycles. The molecule has 0 saturated carbocycles. The molecule has 0 bridgehead atoms. The van der Waals surface area contributed by atoms with Crippen molar-refractivity contribution in [1.82, 2.24) is 18.3 Å². The number of nitrogens with zero attached hydrogens (tertiary/aromatic N) is 4. The molecule has 20 heteroatoms. The number of aromatic nitrogens is 4. The molecule has 5 atom stereocenters. The summed E-state index contributed by atoms with van der Waals surface area (Å²) in [6, 6.07) is 26.5. The second kappa shape index (κ2) is 45.0. The number of ketones is 2. The van der Waals surface area contributed by atoms with E-state index in [1.54, 1.807) is 29.0 Å². The molecule has 4 heterocycles. The second-order valence-electron chi connectivity index (χ2n) is 30.9. The van der Waals surface area contributed by atoms with E-state index in [2.05, 4.69) is 63.7 Å². The maximum absolute atomic E-state index is 13.1. The summed E-state index contributed by atoms with van der Waals surface area (Å²) in [4.78, 5) is 95.7. The van der Waals surface area contributed by atoms with Crippen LogP contribution in [0.3, 0.4) is 0 Å². The predicted octanol–water partition coefficient (Wildman–Crippen LogP) is 23.9. The molecule has 5 unspecified atom stereocenters. The molecule has 8 rings (SSSR count). The van der Waals surface area contributed by atoms with Crippen molar-refractivity contribution in [3.05, 3.63) is 139 Å². The van der Waals surface area contributed by atoms with E-state index in [0.717, 1.165) is 160 Å². The fourth-order valence-corrected chi connectivity index (χ4v) is 15.0. The zero-order valence-corrected chi connectivity index (χ0v) is 68.6. The van der Waals surface area contributed by atoms with E-state index in [1.165, 1.54) is 44.9 Å². The Bertz CT molecular complexity index is 4270. The van der Waals surface area contributed by atoms with Crippen LogP contribution in [0.4, 0.5) is 0 Å². The summed E-state index contributed by atoms with van der Waals surface area (Å²) in [5.74, 6) is -2.27. The van der Waals surface area contributed by atoms with Crippen LogP contribution in [0.25, 0.3) is 43.6 Å². The molecule has 0 fully saturated rings. The van der Waals surface area contributed by atoms with Gasteiger partial charge in [-0.25, -0.2) is 0 Å². The molecular weight excluding hydrogens is 1430 g/mol. The number of carboxylic acids is 4. The van der Waals surface area contributed by atoms with Gasteiger partial charge < -0.3 is 29.6 Å². The highest BCUT2D eigenvalue weighted by molar-refractivity contribution is 6.33. The molecule has 0 aliphatic heterocycles. The minimum atomic E-state index is -0.875. The van der Waals surface area contributed by atoms with Crippen molar-refractivity contribution in [3.63, 3.8) is 0 Å². The highest BCUT2D eigenvalue weighted by Gasteiger charge is 2.27. The maximum Gasteiger partial charge on any atom is 0.303 e. The lowest BCUT2D eigenvalue weighted by atomic mass is 9.94. The van der Waals surface area contributed by atoms with Gasteiger partial charge in [0.25, 0.3) is 0 Å². The van der Waals surface area contributed by atoms with Gasteiger partial charge in [-0.05, 0) is 172 Å². The van der Waals surface area contributed by atoms with Crippen LogP contribution in [-0.4, -0.2) is 86.0 Å². The molecule has 0 amide bonds. The zero-order valence-electron chi connectivity index (χ0n) is 65.6. The summed E-state index contributed by atoms with van der Waals surface area (Å²) in [5, 5.41) is 42.0. The first kappa shape index (κ1) is 90.4. The first-order valence-electron chi connectivity index (χ1n) is 38.8. The van der Waals surface area contributed by atoms with Crippen LogP contribution in [0.2, 0.25) is 20.1 Å². The van der Waals surface area contributed by atoms with Gasteiger partial charge in [0.05, 0.1) is 11.0 Å². The van der Waals surface area contributed by atoms with E-state index >= 15 is 0 Å². The van der Waals surface area contributed by atoms with Crippen LogP contribution < -0.4 is 0 Å². The van der Waals surface area contributed by atoms with E-state index in [9.17, 15) is 38.4 Å². The second-order valence-corrected chi connectivity index (χ2v) is 32.6. The van der Waals surface area contributed by atoms with Gasteiger partial charge in [-0.15, -0.1) is 0 Å². The smallest absolute Gasteiger partial charge is 0.303 e. The third-order valence-corrected chi connectivity index (χ3v) is 21.0. The Balaban J connectivity index is 0.000000256. The third kappa shape index (κ3) is 28.9. The molecule has 586 valence electrons. The summed E-state index contributed by atoms with van der Waals surface area (Å²) >= 11 is 24.6. The van der Waals surface area contributed by atoms with Crippen molar-refractivity contribution in [2.45, 2.75) is 250 Å². The molecule has 0 aliphatic rings. The number of carbonyl (C=O) groups excluding carboxylic acids is 4. The SMILES string of the molecule is CC(C)CCCCc1cc2cc(Cl)ccc2n1C(=O)CC(C)CC(=O)O.CC(C)CCCCc1cc2ccc(Cl)cc2n1C(=O)CC(C)CC(=O)O.CCC(C)CCCCc1c(C(=O)CC(C)CC(=O)O)c2cc(Cl)ccc2n1C.CCCCCCCc1c(C(=O)CC(C)CC(=O)O)c2cc(Cl)ccc2n1C. The molecule has 4 aromatic heterocycles. The van der Waals surface area contributed by atoms with Crippen molar-refractivity contribution >= 4 is 137 Å². The van der Waals surface area contributed by atoms with Gasteiger partial charge >= 0.3 is 23.9 Å². The third-order valence-electron chi connectivity index (χ3n) is 20.0. The lowest BCUT2D eigenvalue weighted by Gasteiger charge is -2.13. The van der Waals surface area contributed by atoms with Gasteiger partial charge in [0.1, 0.15) is 0 Å². The summed E-state index contributed by atoms with van der Waals surface area (Å²) in [7, 11) is 3.99. The molecule has 8 aromatic rings. The van der Waals surface area contributed by atoms with E-state index < -0.39 is 23.9 Å². The lowest BCUT2D eigenvalue weighted by Crippen LogP contribution is -2.18. The summed E-state index contributed by atoms with van der Waals surface area (Å²) in [6.45, 7) is 22.8. The number of fused-ring (bicyclic) bond motifs is 4. The standard InChI is InChI=1S/C23H32ClNO3.C22H30ClNO3.2C21H28ClNO3/c1-5-15(2)8-6-7-9-20-23(21(26)12-16(3)13-22(27)28)18-14-17(24)10-11-19(18)25(20)4;1-4-5-6-7-8-9-19-22(20(25)12-15(2)13-21(26)27)17-14-16(23)10-11-18(17)24(19)3;1-14(2)6-4-5-7-18-13-16-12-17(22)8-9-19(16)23(18)20(24)10-15(3)11-21(25)26;1-14(2)6-4-5-7-18-12-16-8-9-17(22)13-19(16)23(18)20(24)10-15(3)11-21(25)26/h10-11,14-16H,5-9,12-13H2,1-4H3,(H,27,28);10-11,14-15H,4-9,12-13H2,1-3H3,(H,26,27);2*8-9,12-15H,4-7,10-11H2,1-3H3,(H,25,26). The number of hydrogen-bond acceptors (Lipinski definition) is 8. The molecule has 0 saturated heterocycles. The molecule has 107 heavy (non-hydrogen) atoms. The van der Waals surface area contributed by atoms with Gasteiger partial charge in [-0.3, -0.25) is 47.5 Å². The first-order valence-corrected chi connectivity index (χ1v) is 40.3. The number of carbonyl (C=O) groups is 8. The maximum atomic E-state index is 13.1. The van der Waals surface area contributed by atoms with E-state index in [0.29, 0.717) is 31.9 Å². The molecule has 0 spiro atoms. The van der Waals surface area contributed by atoms with Gasteiger partial charge in [-0.1, -0.05) is 199 Å². The zero-order chi connectivity index (χ0) is 79.4. The topological polar surface area (TPSA) is 237 Å². The number of benzene rings is 4. The largest absolute Gasteiger partial charge is 0.481 e. The van der Waals surface area contributed by atoms with E-state index in [1.807, 2.05) is 101 Å². The Kier molecular flexibility index (Phi) is 38.0. The predicted molar refractivity (Wildman–Crippen MR) is 438 cm³/mol. The number of carboxylic acid groups (broad SMARTS) is 4. The fraction of sp³-hybridized carbons (Fsp3) is 0.540. The van der Waals surface area contributed by atoms with Gasteiger partial charge in [-0.2, -0.15) is 0 Å². The van der Waals surface area contributed by atoms with Gasteiger partial charge in [0, 0.05) is 152 Å². The van der Waals surface area contributed by atoms with Crippen LogP contribution >= 0.6 is 46.4 Å². The number of hydrogen-bond donors (Lipinski definition) is 4. The molecular formula is C87H118Cl4N4O12. The van der Waals surface area contributed by atoms with E-state index in [-0.39, 0.29) is 98.4 Å². The number of aryl methyl sites for hydroxylation is 4. The van der Waals surface area contributed by atoms with Crippen molar-refractivity contribution in [1.29, 1.82) is 0 Å². The Morgan fingerprint density at radius 1 is 0.355 bits per heavy atom. The van der Waals surface area contributed by atoms with Crippen LogP contribution in [0, 0.1) is 41.4 Å². The quantitative estimate of drug-likeness (QED) is 0.0207. The first-order chi connectivity index (χ1) is 50.6. The Hall–Kier alpha value is -7.24. The summed E-state index contributed by atoms with van der Waals surface area (Å²) in [5.41, 5.74) is 9.14. The van der Waals surface area contributed by atoms with Crippen LogP contribution in [0.15, 0.2) is 84.9 Å². The Morgan fingerprint density at radius 2 is 0.710 bits per heavy atom. The van der Waals surface area contributed by atoms with Gasteiger partial charge in [0.15, 0.2) is 11.6 Å². The monoisotopic (exact) mass is 1550 g/mol. The van der Waals surface area contributed by atoms with Crippen LogP contribution in [0.1, 0.15) is 277 Å². The number of Topliss-reactive ketones (excluding diaryl/α,β-unsaturated/α-hetero) is 2. The average Bonchev–Trinajstić information content (AvgIpc) is 1.63. The molecule has 4 N–H and O–H groups in total. The van der Waals surface area contributed by atoms with Crippen molar-refractivity contribution in [2.75, 3.05) is 0 Å². The Morgan fingerprint density at radius 3 is 1.13 bits per heavy atom. The normalized spacial score (nSPS) is 12.9. The minimum absolute atomic E-state index is 0.000487. The number of halogens is 4. The van der Waals surface area contributed by atoms with Crippen LogP contribution in [-0.2, 0) is 59.0 Å². The number of rotatable bonds is 40. The molecule has 16 nitrogen and oxygen atoms in total. The molecule has 0 radical (unpaired) electrons. The molecule has 4 aromatic carbocycles. The van der Waals surface area contributed by atoms with Gasteiger partial charge in [0.2, 0.25) is 11.8 Å². The average molecular weight is 1550 g/mol. The highest BCUT2D eigenvalue weighted by Crippen LogP contribution is 2.35. The fourth-order valence-electron chi connectivity index (χ4n) is 14.3.